The van der Waals surface area contributed by atoms with E-state index in [4.69, 9.17) is 11.5 Å². The molecule has 0 spiro atoms. The fourth-order valence-electron chi connectivity index (χ4n) is 0.740. The number of halogens is 1. The van der Waals surface area contributed by atoms with Crippen LogP contribution in [0.5, 0.6) is 0 Å². The number of nitrogens with one attached hydrogen (secondary N) is 1. The van der Waals surface area contributed by atoms with E-state index in [0.717, 1.165) is 5.56 Å². The van der Waals surface area contributed by atoms with E-state index < -0.39 is 0 Å². The molecule has 0 amide bonds. The SMILES string of the molecule is NC(N)=N/[NH+]=C/c1ccc(F)cc1. The highest BCUT2D eigenvalue weighted by Gasteiger charge is 1.91. The van der Waals surface area contributed by atoms with Gasteiger partial charge in [-0.1, -0.05) is 0 Å². The van der Waals surface area contributed by atoms with Crippen molar-refractivity contribution in [3.05, 3.63) is 35.6 Å². The number of rotatable bonds is 2. The number of hydrogen-bond acceptors (Lipinski definition) is 1. The van der Waals surface area contributed by atoms with Crippen LogP contribution in [0.4, 0.5) is 4.39 Å². The quantitative estimate of drug-likeness (QED) is 0.295. The van der Waals surface area contributed by atoms with Crippen LogP contribution in [0.2, 0.25) is 0 Å². The Morgan fingerprint density at radius 3 is 2.46 bits per heavy atom. The Kier molecular flexibility index (Phi) is 2.97. The summed E-state index contributed by atoms with van der Waals surface area (Å²) in [5, 5.41) is 6.03. The molecule has 0 unspecified atom stereocenters. The molecule has 0 aliphatic heterocycles. The van der Waals surface area contributed by atoms with Crippen LogP contribution >= 0.6 is 0 Å². The van der Waals surface area contributed by atoms with Crippen LogP contribution in [0.25, 0.3) is 0 Å². The Balaban J connectivity index is 2.70. The lowest BCUT2D eigenvalue weighted by atomic mass is 10.2. The van der Waals surface area contributed by atoms with Gasteiger partial charge in [-0.25, -0.2) is 4.39 Å². The summed E-state index contributed by atoms with van der Waals surface area (Å²) in [6.07, 6.45) is 1.55. The summed E-state index contributed by atoms with van der Waals surface area (Å²) in [4.78, 5) is 0. The monoisotopic (exact) mass is 181 g/mol. The molecule has 1 aromatic rings. The highest BCUT2D eigenvalue weighted by atomic mass is 19.1. The Morgan fingerprint density at radius 1 is 1.31 bits per heavy atom. The zero-order valence-electron chi connectivity index (χ0n) is 6.87. The minimum atomic E-state index is -0.279. The third-order valence-corrected chi connectivity index (χ3v) is 1.29. The van der Waals surface area contributed by atoms with Crippen LogP contribution in [0.15, 0.2) is 29.4 Å². The number of nitrogens with two attached hydrogens (primary N) is 2. The van der Waals surface area contributed by atoms with E-state index in [9.17, 15) is 4.39 Å². The first-order valence-corrected chi connectivity index (χ1v) is 3.61. The van der Waals surface area contributed by atoms with Crippen molar-refractivity contribution in [3.63, 3.8) is 0 Å². The zero-order chi connectivity index (χ0) is 9.68. The maximum atomic E-state index is 12.4. The summed E-state index contributed by atoms with van der Waals surface area (Å²) in [5.74, 6) is -0.336. The average molecular weight is 181 g/mol. The third kappa shape index (κ3) is 3.33. The van der Waals surface area contributed by atoms with Gasteiger partial charge in [0.2, 0.25) is 6.21 Å². The lowest BCUT2D eigenvalue weighted by Gasteiger charge is -1.86. The van der Waals surface area contributed by atoms with E-state index in [1.807, 2.05) is 0 Å². The molecule has 5 N–H and O–H groups in total. The molecule has 1 rings (SSSR count). The molecule has 0 heterocycles. The first-order chi connectivity index (χ1) is 6.18. The largest absolute Gasteiger partial charge is 0.365 e. The van der Waals surface area contributed by atoms with Crippen molar-refractivity contribution in [1.29, 1.82) is 0 Å². The molecule has 1 aromatic carbocycles. The van der Waals surface area contributed by atoms with Crippen molar-refractivity contribution in [2.24, 2.45) is 16.6 Å². The van der Waals surface area contributed by atoms with E-state index >= 15 is 0 Å². The van der Waals surface area contributed by atoms with Gasteiger partial charge >= 0.3 is 0 Å². The van der Waals surface area contributed by atoms with Crippen molar-refractivity contribution in [2.75, 3.05) is 0 Å². The Bertz CT molecular complexity index is 325. The lowest BCUT2D eigenvalue weighted by molar-refractivity contribution is -0.456. The zero-order valence-corrected chi connectivity index (χ0v) is 6.87. The Hall–Kier alpha value is -1.91. The molecule has 0 saturated carbocycles. The minimum absolute atomic E-state index is 0.0571. The van der Waals surface area contributed by atoms with Gasteiger partial charge in [0.25, 0.3) is 5.96 Å². The standard InChI is InChI=1S/C8H9FN4/c9-7-3-1-6(2-4-7)5-12-13-8(10)11/h1-5H,(H4,10,11,13)/p+1/b12-5+. The first kappa shape index (κ1) is 9.18. The maximum Gasteiger partial charge on any atom is 0.256 e. The molecule has 13 heavy (non-hydrogen) atoms. The molecule has 0 aliphatic rings. The van der Waals surface area contributed by atoms with Crippen molar-refractivity contribution >= 4 is 12.2 Å². The van der Waals surface area contributed by atoms with E-state index in [2.05, 4.69) is 10.2 Å². The molecule has 5 heteroatoms. The van der Waals surface area contributed by atoms with E-state index in [0.29, 0.717) is 0 Å². The molecule has 0 bridgehead atoms. The normalized spacial score (nSPS) is 10.2. The van der Waals surface area contributed by atoms with Gasteiger partial charge in [0.1, 0.15) is 5.82 Å². The first-order valence-electron chi connectivity index (χ1n) is 3.61. The van der Waals surface area contributed by atoms with E-state index in [-0.39, 0.29) is 11.8 Å². The second-order valence-corrected chi connectivity index (χ2v) is 2.36. The molecule has 0 fully saturated rings. The van der Waals surface area contributed by atoms with Crippen LogP contribution in [0.1, 0.15) is 5.56 Å². The number of nitrogens with zero attached hydrogens (tertiary/aromatic N) is 1. The van der Waals surface area contributed by atoms with E-state index in [1.54, 1.807) is 18.3 Å². The predicted octanol–water partition coefficient (Wildman–Crippen LogP) is -1.49. The van der Waals surface area contributed by atoms with Crippen molar-refractivity contribution in [3.8, 4) is 0 Å². The van der Waals surface area contributed by atoms with Crippen molar-refractivity contribution in [1.82, 2.24) is 0 Å². The molecule has 68 valence electrons. The van der Waals surface area contributed by atoms with Gasteiger partial charge in [-0.2, -0.15) is 0 Å². The van der Waals surface area contributed by atoms with Crippen LogP contribution in [-0.2, 0) is 0 Å². The van der Waals surface area contributed by atoms with Gasteiger partial charge in [-0.05, 0) is 24.3 Å². The van der Waals surface area contributed by atoms with E-state index in [1.165, 1.54) is 12.1 Å². The number of hydrazone groups is 1. The van der Waals surface area contributed by atoms with Gasteiger partial charge in [-0.3, -0.25) is 0 Å². The number of benzene rings is 1. The highest BCUT2D eigenvalue weighted by molar-refractivity contribution is 5.76. The summed E-state index contributed by atoms with van der Waals surface area (Å²) in [6, 6.07) is 5.90. The van der Waals surface area contributed by atoms with Gasteiger partial charge in [0, 0.05) is 10.7 Å². The maximum absolute atomic E-state index is 12.4. The number of guanidine groups is 1. The van der Waals surface area contributed by atoms with Gasteiger partial charge < -0.3 is 11.5 Å². The average Bonchev–Trinajstić information content (AvgIpc) is 2.08. The molecular weight excluding hydrogens is 171 g/mol. The molecule has 4 nitrogen and oxygen atoms in total. The summed E-state index contributed by atoms with van der Waals surface area (Å²) >= 11 is 0. The lowest BCUT2D eigenvalue weighted by Crippen LogP contribution is -2.63. The second kappa shape index (κ2) is 4.20. The smallest absolute Gasteiger partial charge is 0.256 e. The molecule has 0 atom stereocenters. The van der Waals surface area contributed by atoms with Gasteiger partial charge in [0.15, 0.2) is 0 Å². The molecule has 0 radical (unpaired) electrons. The Morgan fingerprint density at radius 2 is 1.92 bits per heavy atom. The van der Waals surface area contributed by atoms with Gasteiger partial charge in [-0.15, -0.1) is 5.10 Å². The predicted molar refractivity (Wildman–Crippen MR) is 48.3 cm³/mol. The van der Waals surface area contributed by atoms with Gasteiger partial charge in [0.05, 0.1) is 0 Å². The topological polar surface area (TPSA) is 78.4 Å². The van der Waals surface area contributed by atoms with Crippen molar-refractivity contribution in [2.45, 2.75) is 0 Å². The van der Waals surface area contributed by atoms with Crippen LogP contribution in [0.3, 0.4) is 0 Å². The fourth-order valence-corrected chi connectivity index (χ4v) is 0.740. The third-order valence-electron chi connectivity index (χ3n) is 1.29. The van der Waals surface area contributed by atoms with Crippen molar-refractivity contribution < 1.29 is 9.49 Å². The second-order valence-electron chi connectivity index (χ2n) is 2.36. The highest BCUT2D eigenvalue weighted by Crippen LogP contribution is 1.97. The van der Waals surface area contributed by atoms with Crippen LogP contribution in [0, 0.1) is 5.82 Å². The summed E-state index contributed by atoms with van der Waals surface area (Å²) < 4.78 is 12.4. The van der Waals surface area contributed by atoms with Crippen LogP contribution in [-0.4, -0.2) is 12.2 Å². The number of hydrogen-bond donors (Lipinski definition) is 3. The minimum Gasteiger partial charge on any atom is -0.365 e. The Labute approximate surface area is 74.8 Å². The molecule has 0 aliphatic carbocycles. The molecule has 0 saturated heterocycles. The molecular formula is C8H10FN4+. The molecule has 0 aromatic heterocycles. The van der Waals surface area contributed by atoms with Crippen LogP contribution < -0.4 is 16.6 Å². The summed E-state index contributed by atoms with van der Waals surface area (Å²) in [7, 11) is 0. The summed E-state index contributed by atoms with van der Waals surface area (Å²) in [5.41, 5.74) is 10.9. The summed E-state index contributed by atoms with van der Waals surface area (Å²) in [6.45, 7) is 0. The fraction of sp³-hybridized carbons (Fsp3) is 0.